The number of anilines is 1. The summed E-state index contributed by atoms with van der Waals surface area (Å²) in [7, 11) is -1.27. The molecule has 0 aromatic heterocycles. The molecule has 2 aromatic carbocycles. The van der Waals surface area contributed by atoms with Crippen molar-refractivity contribution in [3.05, 3.63) is 65.2 Å². The van der Waals surface area contributed by atoms with Gasteiger partial charge in [-0.2, -0.15) is 0 Å². The lowest BCUT2D eigenvalue weighted by Gasteiger charge is -2.24. The molecule has 0 saturated carbocycles. The van der Waals surface area contributed by atoms with E-state index in [1.807, 2.05) is 55.5 Å². The van der Waals surface area contributed by atoms with E-state index in [0.717, 1.165) is 29.7 Å². The molecule has 1 N–H and O–H groups in total. The molecule has 26 heavy (non-hydrogen) atoms. The summed E-state index contributed by atoms with van der Waals surface area (Å²) in [6.07, 6.45) is 2.06. The van der Waals surface area contributed by atoms with Crippen molar-refractivity contribution >= 4 is 22.4 Å². The van der Waals surface area contributed by atoms with Crippen LogP contribution in [0.1, 0.15) is 54.9 Å². The zero-order valence-electron chi connectivity index (χ0n) is 15.2. The molecule has 1 fully saturated rings. The van der Waals surface area contributed by atoms with Crippen LogP contribution in [0, 0.1) is 0 Å². The molecule has 2 aromatic rings. The Balaban J connectivity index is 1.90. The van der Waals surface area contributed by atoms with Crippen LogP contribution in [0.15, 0.2) is 48.5 Å². The highest BCUT2D eigenvalue weighted by Gasteiger charge is 2.39. The summed E-state index contributed by atoms with van der Waals surface area (Å²) in [5, 5.41) is 9.66. The van der Waals surface area contributed by atoms with Gasteiger partial charge >= 0.3 is 0 Å². The molecular formula is C21H25NO3S. The van der Waals surface area contributed by atoms with Crippen LogP contribution < -0.4 is 4.90 Å². The second kappa shape index (κ2) is 8.14. The van der Waals surface area contributed by atoms with Gasteiger partial charge in [-0.15, -0.1) is 0 Å². The molecule has 0 bridgehead atoms. The Morgan fingerprint density at radius 3 is 2.35 bits per heavy atom. The first-order chi connectivity index (χ1) is 12.5. The van der Waals surface area contributed by atoms with Crippen molar-refractivity contribution in [3.63, 3.8) is 0 Å². The van der Waals surface area contributed by atoms with E-state index in [1.165, 1.54) is 5.56 Å². The summed E-state index contributed by atoms with van der Waals surface area (Å²) >= 11 is 0. The first-order valence-corrected chi connectivity index (χ1v) is 10.5. The normalized spacial score (nSPS) is 21.2. The van der Waals surface area contributed by atoms with Crippen LogP contribution in [0.4, 0.5) is 5.69 Å². The summed E-state index contributed by atoms with van der Waals surface area (Å²) in [6.45, 7) is 4.12. The molecule has 138 valence electrons. The molecule has 1 aliphatic heterocycles. The maximum atomic E-state index is 12.6. The monoisotopic (exact) mass is 371 g/mol. The van der Waals surface area contributed by atoms with E-state index in [4.69, 9.17) is 0 Å². The van der Waals surface area contributed by atoms with Crippen molar-refractivity contribution in [1.82, 2.24) is 0 Å². The van der Waals surface area contributed by atoms with E-state index in [9.17, 15) is 14.1 Å². The van der Waals surface area contributed by atoms with Gasteiger partial charge in [-0.1, -0.05) is 56.7 Å². The molecule has 1 heterocycles. The first kappa shape index (κ1) is 18.8. The molecule has 3 atom stereocenters. The Bertz CT molecular complexity index is 786. The predicted octanol–water partition coefficient (Wildman–Crippen LogP) is 3.88. The summed E-state index contributed by atoms with van der Waals surface area (Å²) in [5.41, 5.74) is 3.66. The maximum Gasteiger partial charge on any atom is 0.241 e. The van der Waals surface area contributed by atoms with E-state index in [-0.39, 0.29) is 11.7 Å². The zero-order chi connectivity index (χ0) is 18.7. The van der Waals surface area contributed by atoms with E-state index in [2.05, 4.69) is 6.92 Å². The van der Waals surface area contributed by atoms with Crippen LogP contribution in [0.25, 0.3) is 0 Å². The Kier molecular flexibility index (Phi) is 5.89. The topological polar surface area (TPSA) is 57.6 Å². The molecule has 3 unspecified atom stereocenters. The van der Waals surface area contributed by atoms with Gasteiger partial charge in [0.15, 0.2) is 0 Å². The van der Waals surface area contributed by atoms with Gasteiger partial charge in [-0.05, 0) is 41.7 Å². The second-order valence-corrected chi connectivity index (χ2v) is 8.13. The number of amides is 1. The fourth-order valence-electron chi connectivity index (χ4n) is 3.31. The molecule has 1 saturated heterocycles. The van der Waals surface area contributed by atoms with Gasteiger partial charge < -0.3 is 5.11 Å². The van der Waals surface area contributed by atoms with Crippen LogP contribution in [-0.2, 0) is 22.0 Å². The van der Waals surface area contributed by atoms with Gasteiger partial charge in [0.05, 0.1) is 16.9 Å². The molecule has 1 aliphatic rings. The Labute approximate surface area is 157 Å². The SMILES string of the molecule is CCCC(O)c1ccc(N2C(=O)CS(=O)C2c2ccc(CC)cc2)cc1. The number of aliphatic hydroxyl groups excluding tert-OH is 1. The third-order valence-corrected chi connectivity index (χ3v) is 6.32. The third kappa shape index (κ3) is 3.74. The summed E-state index contributed by atoms with van der Waals surface area (Å²) in [6, 6.07) is 15.3. The number of aliphatic hydroxyl groups is 1. The van der Waals surface area contributed by atoms with Crippen molar-refractivity contribution in [2.75, 3.05) is 10.7 Å². The van der Waals surface area contributed by atoms with Gasteiger partial charge in [-0.25, -0.2) is 0 Å². The van der Waals surface area contributed by atoms with Crippen LogP contribution in [0.2, 0.25) is 0 Å². The summed E-state index contributed by atoms with van der Waals surface area (Å²) < 4.78 is 12.6. The summed E-state index contributed by atoms with van der Waals surface area (Å²) in [5.74, 6) is -0.0878. The Morgan fingerprint density at radius 1 is 1.12 bits per heavy atom. The molecule has 1 amide bonds. The minimum absolute atomic E-state index is 0.0421. The largest absolute Gasteiger partial charge is 0.388 e. The van der Waals surface area contributed by atoms with Crippen LogP contribution >= 0.6 is 0 Å². The molecule has 3 rings (SSSR count). The molecule has 0 spiro atoms. The fourth-order valence-corrected chi connectivity index (χ4v) is 4.79. The number of nitrogens with zero attached hydrogens (tertiary/aromatic N) is 1. The van der Waals surface area contributed by atoms with Gasteiger partial charge in [0.2, 0.25) is 5.91 Å². The predicted molar refractivity (Wildman–Crippen MR) is 105 cm³/mol. The maximum absolute atomic E-state index is 12.6. The number of carbonyl (C=O) groups excluding carboxylic acids is 1. The van der Waals surface area contributed by atoms with Gasteiger partial charge in [0.1, 0.15) is 11.1 Å². The van der Waals surface area contributed by atoms with Crippen molar-refractivity contribution in [1.29, 1.82) is 0 Å². The average molecular weight is 372 g/mol. The van der Waals surface area contributed by atoms with E-state index < -0.39 is 22.3 Å². The molecular weight excluding hydrogens is 346 g/mol. The lowest BCUT2D eigenvalue weighted by atomic mass is 10.0. The van der Waals surface area contributed by atoms with E-state index >= 15 is 0 Å². The van der Waals surface area contributed by atoms with Gasteiger partial charge in [0, 0.05) is 5.69 Å². The van der Waals surface area contributed by atoms with Crippen LogP contribution in [0.3, 0.4) is 0 Å². The Morgan fingerprint density at radius 2 is 1.77 bits per heavy atom. The van der Waals surface area contributed by atoms with Crippen molar-refractivity contribution in [3.8, 4) is 0 Å². The minimum Gasteiger partial charge on any atom is -0.388 e. The van der Waals surface area contributed by atoms with Gasteiger partial charge in [0.25, 0.3) is 0 Å². The van der Waals surface area contributed by atoms with Crippen molar-refractivity contribution < 1.29 is 14.1 Å². The quantitative estimate of drug-likeness (QED) is 0.838. The molecule has 4 nitrogen and oxygen atoms in total. The molecule has 0 radical (unpaired) electrons. The smallest absolute Gasteiger partial charge is 0.241 e. The van der Waals surface area contributed by atoms with Crippen molar-refractivity contribution in [2.45, 2.75) is 44.6 Å². The first-order valence-electron chi connectivity index (χ1n) is 9.11. The van der Waals surface area contributed by atoms with E-state index in [1.54, 1.807) is 4.90 Å². The summed E-state index contributed by atoms with van der Waals surface area (Å²) in [4.78, 5) is 14.1. The highest BCUT2D eigenvalue weighted by atomic mass is 32.2. The molecule has 0 aliphatic carbocycles. The lowest BCUT2D eigenvalue weighted by Crippen LogP contribution is -2.28. The number of carbonyl (C=O) groups is 1. The number of hydrogen-bond donors (Lipinski definition) is 1. The van der Waals surface area contributed by atoms with Gasteiger partial charge in [-0.3, -0.25) is 13.9 Å². The fraction of sp³-hybridized carbons (Fsp3) is 0.381. The highest BCUT2D eigenvalue weighted by Crippen LogP contribution is 2.36. The number of aryl methyl sites for hydroxylation is 1. The van der Waals surface area contributed by atoms with Crippen molar-refractivity contribution in [2.24, 2.45) is 0 Å². The van der Waals surface area contributed by atoms with Crippen LogP contribution in [-0.4, -0.2) is 21.0 Å². The molecule has 5 heteroatoms. The van der Waals surface area contributed by atoms with Crippen LogP contribution in [0.5, 0.6) is 0 Å². The third-order valence-electron chi connectivity index (χ3n) is 4.81. The lowest BCUT2D eigenvalue weighted by molar-refractivity contribution is -0.115. The van der Waals surface area contributed by atoms with E-state index in [0.29, 0.717) is 6.42 Å². The number of benzene rings is 2. The second-order valence-electron chi connectivity index (χ2n) is 6.63. The Hall–Kier alpha value is -1.98. The number of hydrogen-bond acceptors (Lipinski definition) is 3. The standard InChI is InChI=1S/C21H25NO3S/c1-3-5-19(23)16-10-12-18(13-11-16)22-20(24)14-26(25)21(22)17-8-6-15(4-2)7-9-17/h6-13,19,21,23H,3-5,14H2,1-2H3. The highest BCUT2D eigenvalue weighted by molar-refractivity contribution is 7.86. The number of rotatable bonds is 6. The average Bonchev–Trinajstić information content (AvgIpc) is 2.96. The zero-order valence-corrected chi connectivity index (χ0v) is 16.0. The minimum atomic E-state index is -1.27.